The van der Waals surface area contributed by atoms with Gasteiger partial charge in [-0.05, 0) is 38.0 Å². The molecule has 0 heterocycles. The van der Waals surface area contributed by atoms with Crippen LogP contribution < -0.4 is 5.32 Å². The number of hydrogen-bond donors (Lipinski definition) is 2. The number of aliphatic hydroxyl groups excluding tert-OH is 1. The summed E-state index contributed by atoms with van der Waals surface area (Å²) in [6, 6.07) is 0.967. The Bertz CT molecular complexity index is 305. The standard InChI is InChI=1S/C17H33NO2/c1-5-20-15-12-14(17(15)9-6-7-10-17)18-13(8-11-19)16(2,3)4/h13-15,18-19H,5-12H2,1-4H3. The molecule has 0 aliphatic heterocycles. The highest BCUT2D eigenvalue weighted by molar-refractivity contribution is 5.11. The number of rotatable bonds is 6. The fraction of sp³-hybridized carbons (Fsp3) is 1.00. The summed E-state index contributed by atoms with van der Waals surface area (Å²) >= 11 is 0. The van der Waals surface area contributed by atoms with Gasteiger partial charge < -0.3 is 15.2 Å². The van der Waals surface area contributed by atoms with E-state index in [4.69, 9.17) is 4.74 Å². The number of aliphatic hydroxyl groups is 1. The minimum atomic E-state index is 0.194. The zero-order valence-corrected chi connectivity index (χ0v) is 13.7. The Morgan fingerprint density at radius 1 is 1.30 bits per heavy atom. The minimum absolute atomic E-state index is 0.194. The summed E-state index contributed by atoms with van der Waals surface area (Å²) in [7, 11) is 0. The molecule has 0 aromatic rings. The van der Waals surface area contributed by atoms with Gasteiger partial charge in [0.15, 0.2) is 0 Å². The Morgan fingerprint density at radius 3 is 2.45 bits per heavy atom. The van der Waals surface area contributed by atoms with Crippen LogP contribution in [0.25, 0.3) is 0 Å². The molecule has 1 spiro atoms. The van der Waals surface area contributed by atoms with Crippen LogP contribution in [0.3, 0.4) is 0 Å². The first-order valence-electron chi connectivity index (χ1n) is 8.42. The molecule has 0 bridgehead atoms. The molecule has 0 radical (unpaired) electrons. The number of nitrogens with one attached hydrogen (secondary N) is 1. The maximum absolute atomic E-state index is 9.33. The van der Waals surface area contributed by atoms with Crippen molar-refractivity contribution < 1.29 is 9.84 Å². The minimum Gasteiger partial charge on any atom is -0.396 e. The van der Waals surface area contributed by atoms with E-state index in [1.807, 2.05) is 0 Å². The normalized spacial score (nSPS) is 30.4. The van der Waals surface area contributed by atoms with E-state index in [1.54, 1.807) is 0 Å². The SMILES string of the molecule is CCOC1CC(NC(CCO)C(C)(C)C)C12CCCC2. The second-order valence-electron chi connectivity index (χ2n) is 7.77. The van der Waals surface area contributed by atoms with Gasteiger partial charge in [-0.25, -0.2) is 0 Å². The predicted molar refractivity (Wildman–Crippen MR) is 82.8 cm³/mol. The summed E-state index contributed by atoms with van der Waals surface area (Å²) in [4.78, 5) is 0. The fourth-order valence-electron chi connectivity index (χ4n) is 4.26. The summed E-state index contributed by atoms with van der Waals surface area (Å²) in [5.41, 5.74) is 0.578. The van der Waals surface area contributed by atoms with Crippen molar-refractivity contribution in [2.24, 2.45) is 10.8 Å². The van der Waals surface area contributed by atoms with E-state index in [1.165, 1.54) is 25.7 Å². The van der Waals surface area contributed by atoms with Gasteiger partial charge >= 0.3 is 0 Å². The molecule has 2 rings (SSSR count). The van der Waals surface area contributed by atoms with Crippen LogP contribution in [0.2, 0.25) is 0 Å². The monoisotopic (exact) mass is 283 g/mol. The molecule has 20 heavy (non-hydrogen) atoms. The first-order valence-corrected chi connectivity index (χ1v) is 8.42. The van der Waals surface area contributed by atoms with Crippen molar-refractivity contribution >= 4 is 0 Å². The molecule has 118 valence electrons. The van der Waals surface area contributed by atoms with Crippen LogP contribution in [0, 0.1) is 10.8 Å². The Morgan fingerprint density at radius 2 is 1.95 bits per heavy atom. The molecule has 0 saturated heterocycles. The summed E-state index contributed by atoms with van der Waals surface area (Å²) in [5.74, 6) is 0. The van der Waals surface area contributed by atoms with Gasteiger partial charge in [0.1, 0.15) is 0 Å². The van der Waals surface area contributed by atoms with Gasteiger partial charge in [0.2, 0.25) is 0 Å². The van der Waals surface area contributed by atoms with Gasteiger partial charge in [-0.2, -0.15) is 0 Å². The molecule has 3 nitrogen and oxygen atoms in total. The molecule has 0 aromatic carbocycles. The molecule has 0 aromatic heterocycles. The molecule has 2 fully saturated rings. The summed E-state index contributed by atoms with van der Waals surface area (Å²) < 4.78 is 5.98. The Balaban J connectivity index is 2.01. The van der Waals surface area contributed by atoms with Crippen molar-refractivity contribution in [3.8, 4) is 0 Å². The van der Waals surface area contributed by atoms with Crippen LogP contribution in [-0.2, 0) is 4.74 Å². The lowest BCUT2D eigenvalue weighted by Gasteiger charge is -2.56. The Kier molecular flexibility index (Phi) is 5.14. The first kappa shape index (κ1) is 16.3. The molecule has 2 aliphatic rings. The van der Waals surface area contributed by atoms with E-state index >= 15 is 0 Å². The Labute approximate surface area is 124 Å². The lowest BCUT2D eigenvalue weighted by Crippen LogP contribution is -2.65. The third-order valence-corrected chi connectivity index (χ3v) is 5.55. The first-order chi connectivity index (χ1) is 9.44. The van der Waals surface area contributed by atoms with Crippen molar-refractivity contribution in [1.82, 2.24) is 5.32 Å². The molecular formula is C17H33NO2. The number of hydrogen-bond acceptors (Lipinski definition) is 3. The molecule has 2 saturated carbocycles. The summed E-state index contributed by atoms with van der Waals surface area (Å²) in [6.45, 7) is 10.00. The largest absolute Gasteiger partial charge is 0.396 e. The molecule has 3 heteroatoms. The summed E-state index contributed by atoms with van der Waals surface area (Å²) in [6.07, 6.45) is 7.77. The van der Waals surface area contributed by atoms with Crippen LogP contribution in [-0.4, -0.2) is 36.5 Å². The highest BCUT2D eigenvalue weighted by Gasteiger charge is 2.57. The maximum atomic E-state index is 9.33. The smallest absolute Gasteiger partial charge is 0.0661 e. The summed E-state index contributed by atoms with van der Waals surface area (Å²) in [5, 5.41) is 13.2. The topological polar surface area (TPSA) is 41.5 Å². The number of ether oxygens (including phenoxy) is 1. The second kappa shape index (κ2) is 6.33. The zero-order chi connectivity index (χ0) is 14.8. The van der Waals surface area contributed by atoms with E-state index in [0.29, 0.717) is 23.6 Å². The van der Waals surface area contributed by atoms with Crippen molar-refractivity contribution in [3.63, 3.8) is 0 Å². The van der Waals surface area contributed by atoms with Crippen LogP contribution in [0.4, 0.5) is 0 Å². The Hall–Kier alpha value is -0.120. The molecule has 3 atom stereocenters. The molecule has 2 aliphatic carbocycles. The van der Waals surface area contributed by atoms with Crippen molar-refractivity contribution in [2.45, 2.75) is 84.4 Å². The van der Waals surface area contributed by atoms with Gasteiger partial charge in [-0.3, -0.25) is 0 Å². The second-order valence-corrected chi connectivity index (χ2v) is 7.77. The van der Waals surface area contributed by atoms with Crippen LogP contribution in [0.5, 0.6) is 0 Å². The van der Waals surface area contributed by atoms with Crippen molar-refractivity contribution in [2.75, 3.05) is 13.2 Å². The average Bonchev–Trinajstić information content (AvgIpc) is 2.87. The molecule has 0 amide bonds. The highest BCUT2D eigenvalue weighted by Crippen LogP contribution is 2.55. The van der Waals surface area contributed by atoms with Crippen LogP contribution >= 0.6 is 0 Å². The van der Waals surface area contributed by atoms with Gasteiger partial charge in [-0.1, -0.05) is 33.6 Å². The van der Waals surface area contributed by atoms with Crippen LogP contribution in [0.15, 0.2) is 0 Å². The molecule has 2 N–H and O–H groups in total. The van der Waals surface area contributed by atoms with Crippen molar-refractivity contribution in [3.05, 3.63) is 0 Å². The predicted octanol–water partition coefficient (Wildman–Crippen LogP) is 3.11. The van der Waals surface area contributed by atoms with E-state index in [9.17, 15) is 5.11 Å². The third-order valence-electron chi connectivity index (χ3n) is 5.55. The lowest BCUT2D eigenvalue weighted by atomic mass is 9.60. The maximum Gasteiger partial charge on any atom is 0.0661 e. The van der Waals surface area contributed by atoms with E-state index in [0.717, 1.165) is 19.4 Å². The van der Waals surface area contributed by atoms with Crippen molar-refractivity contribution in [1.29, 1.82) is 0 Å². The lowest BCUT2D eigenvalue weighted by molar-refractivity contribution is -0.135. The highest BCUT2D eigenvalue weighted by atomic mass is 16.5. The van der Waals surface area contributed by atoms with Gasteiger partial charge in [0.05, 0.1) is 6.10 Å². The zero-order valence-electron chi connectivity index (χ0n) is 13.7. The van der Waals surface area contributed by atoms with Gasteiger partial charge in [0, 0.05) is 30.7 Å². The molecular weight excluding hydrogens is 250 g/mol. The third kappa shape index (κ3) is 3.05. The van der Waals surface area contributed by atoms with E-state index in [-0.39, 0.29) is 12.0 Å². The average molecular weight is 283 g/mol. The fourth-order valence-corrected chi connectivity index (χ4v) is 4.26. The van der Waals surface area contributed by atoms with E-state index in [2.05, 4.69) is 33.0 Å². The van der Waals surface area contributed by atoms with Gasteiger partial charge in [0.25, 0.3) is 0 Å². The quantitative estimate of drug-likeness (QED) is 0.787. The van der Waals surface area contributed by atoms with E-state index < -0.39 is 0 Å². The molecule has 3 unspecified atom stereocenters. The van der Waals surface area contributed by atoms with Gasteiger partial charge in [-0.15, -0.1) is 0 Å². The van der Waals surface area contributed by atoms with Crippen LogP contribution in [0.1, 0.15) is 66.2 Å².